The van der Waals surface area contributed by atoms with Crippen molar-refractivity contribution in [3.63, 3.8) is 0 Å². The van der Waals surface area contributed by atoms with Crippen LogP contribution < -0.4 is 0 Å². The maximum atomic E-state index is 9.65. The molecule has 0 aromatic heterocycles. The van der Waals surface area contributed by atoms with E-state index in [0.29, 0.717) is 0 Å². The Labute approximate surface area is 87.1 Å². The number of hydrogen-bond acceptors (Lipinski definition) is 10. The molecule has 0 spiro atoms. The highest BCUT2D eigenvalue weighted by Gasteiger charge is 2.87. The van der Waals surface area contributed by atoms with Crippen LogP contribution in [0.25, 0.3) is 0 Å². The van der Waals surface area contributed by atoms with Crippen molar-refractivity contribution in [3.8, 4) is 0 Å². The fraction of sp³-hybridized carbons (Fsp3) is 1.00. The molecule has 94 valence electrons. The van der Waals surface area contributed by atoms with Gasteiger partial charge in [-0.15, -0.1) is 0 Å². The van der Waals surface area contributed by atoms with E-state index in [4.69, 9.17) is 20.4 Å². The molecular formula is C6H10O10. The molecule has 2 aliphatic rings. The Morgan fingerprint density at radius 1 is 0.750 bits per heavy atom. The average Bonchev–Trinajstić information content (AvgIpc) is 2.19. The second-order valence-corrected chi connectivity index (χ2v) is 3.85. The van der Waals surface area contributed by atoms with E-state index >= 15 is 0 Å². The van der Waals surface area contributed by atoms with E-state index in [1.165, 1.54) is 0 Å². The number of fused-ring (bicyclic) bond motifs is 1. The minimum absolute atomic E-state index is 1.35. The molecular weight excluding hydrogens is 232 g/mol. The third-order valence-electron chi connectivity index (χ3n) is 2.62. The third kappa shape index (κ3) is 1.09. The SMILES string of the molecule is OC1(O)CC2(O)C(O)(O1)OC(O)(O)C2(O)O. The van der Waals surface area contributed by atoms with Crippen molar-refractivity contribution in [3.05, 3.63) is 0 Å². The monoisotopic (exact) mass is 242 g/mol. The summed E-state index contributed by atoms with van der Waals surface area (Å²) in [6, 6.07) is 0. The molecule has 2 aliphatic heterocycles. The normalized spacial score (nSPS) is 48.0. The van der Waals surface area contributed by atoms with E-state index in [2.05, 4.69) is 9.47 Å². The molecule has 2 atom stereocenters. The molecule has 0 saturated carbocycles. The van der Waals surface area contributed by atoms with Gasteiger partial charge in [-0.3, -0.25) is 9.47 Å². The number of hydrogen-bond donors (Lipinski definition) is 8. The number of ether oxygens (including phenoxy) is 2. The molecule has 2 fully saturated rings. The quantitative estimate of drug-likeness (QED) is 0.191. The first kappa shape index (κ1) is 12.1. The van der Waals surface area contributed by atoms with Gasteiger partial charge in [0.1, 0.15) is 0 Å². The van der Waals surface area contributed by atoms with Crippen LogP contribution in [-0.4, -0.2) is 70.2 Å². The van der Waals surface area contributed by atoms with Crippen LogP contribution in [-0.2, 0) is 9.47 Å². The second kappa shape index (κ2) is 2.54. The van der Waals surface area contributed by atoms with Gasteiger partial charge in [0.25, 0.3) is 11.8 Å². The summed E-state index contributed by atoms with van der Waals surface area (Å²) in [5.41, 5.74) is -3.27. The van der Waals surface area contributed by atoms with Crippen molar-refractivity contribution < 1.29 is 50.3 Å². The van der Waals surface area contributed by atoms with Crippen LogP contribution >= 0.6 is 0 Å². The van der Waals surface area contributed by atoms with E-state index < -0.39 is 35.7 Å². The average molecular weight is 242 g/mol. The summed E-state index contributed by atoms with van der Waals surface area (Å²) in [6.45, 7) is 0. The third-order valence-corrected chi connectivity index (χ3v) is 2.62. The fourth-order valence-corrected chi connectivity index (χ4v) is 1.77. The lowest BCUT2D eigenvalue weighted by atomic mass is 9.89. The Kier molecular flexibility index (Phi) is 1.92. The van der Waals surface area contributed by atoms with Gasteiger partial charge in [-0.1, -0.05) is 0 Å². The Hall–Kier alpha value is -0.400. The molecule has 2 saturated heterocycles. The molecule has 0 radical (unpaired) electrons. The predicted octanol–water partition coefficient (Wildman–Crippen LogP) is -5.23. The summed E-state index contributed by atoms with van der Waals surface area (Å²) < 4.78 is 7.88. The van der Waals surface area contributed by atoms with E-state index in [1.807, 2.05) is 0 Å². The summed E-state index contributed by atoms with van der Waals surface area (Å²) >= 11 is 0. The number of aliphatic hydroxyl groups is 8. The van der Waals surface area contributed by atoms with Crippen LogP contribution in [0.3, 0.4) is 0 Å². The molecule has 10 nitrogen and oxygen atoms in total. The molecule has 0 aromatic rings. The highest BCUT2D eigenvalue weighted by Crippen LogP contribution is 2.56. The van der Waals surface area contributed by atoms with Crippen molar-refractivity contribution in [1.82, 2.24) is 0 Å². The van der Waals surface area contributed by atoms with Crippen LogP contribution in [0, 0.1) is 0 Å². The Bertz CT molecular complexity index is 336. The van der Waals surface area contributed by atoms with Gasteiger partial charge in [-0.2, -0.15) is 0 Å². The van der Waals surface area contributed by atoms with Crippen molar-refractivity contribution >= 4 is 0 Å². The minimum Gasteiger partial charge on any atom is -0.377 e. The van der Waals surface area contributed by atoms with Crippen LogP contribution in [0.5, 0.6) is 0 Å². The molecule has 2 heterocycles. The molecule has 2 rings (SSSR count). The van der Waals surface area contributed by atoms with Gasteiger partial charge in [0.05, 0.1) is 6.42 Å². The highest BCUT2D eigenvalue weighted by atomic mass is 17.0. The zero-order chi connectivity index (χ0) is 12.6. The summed E-state index contributed by atoms with van der Waals surface area (Å²) in [5, 5.41) is 73.6. The Morgan fingerprint density at radius 2 is 1.25 bits per heavy atom. The van der Waals surface area contributed by atoms with Gasteiger partial charge in [0.2, 0.25) is 5.60 Å². The van der Waals surface area contributed by atoms with E-state index in [9.17, 15) is 20.4 Å². The van der Waals surface area contributed by atoms with Crippen molar-refractivity contribution in [2.75, 3.05) is 0 Å². The molecule has 8 N–H and O–H groups in total. The van der Waals surface area contributed by atoms with Gasteiger partial charge >= 0.3 is 11.9 Å². The summed E-state index contributed by atoms with van der Waals surface area (Å²) in [6.07, 6.45) is -1.35. The van der Waals surface area contributed by atoms with Gasteiger partial charge in [0.15, 0.2) is 0 Å². The van der Waals surface area contributed by atoms with Gasteiger partial charge in [0, 0.05) is 0 Å². The maximum Gasteiger partial charge on any atom is 0.343 e. The van der Waals surface area contributed by atoms with E-state index in [-0.39, 0.29) is 0 Å². The van der Waals surface area contributed by atoms with Gasteiger partial charge in [-0.05, 0) is 0 Å². The van der Waals surface area contributed by atoms with Crippen molar-refractivity contribution in [1.29, 1.82) is 0 Å². The topological polar surface area (TPSA) is 180 Å². The molecule has 0 amide bonds. The second-order valence-electron chi connectivity index (χ2n) is 3.85. The molecule has 0 aliphatic carbocycles. The van der Waals surface area contributed by atoms with Crippen LogP contribution in [0.15, 0.2) is 0 Å². The first-order valence-corrected chi connectivity index (χ1v) is 4.06. The van der Waals surface area contributed by atoms with Crippen molar-refractivity contribution in [2.45, 2.75) is 35.7 Å². The van der Waals surface area contributed by atoms with Crippen LogP contribution in [0.2, 0.25) is 0 Å². The fourth-order valence-electron chi connectivity index (χ4n) is 1.77. The lowest BCUT2D eigenvalue weighted by Crippen LogP contribution is -2.65. The first-order chi connectivity index (χ1) is 6.87. The largest absolute Gasteiger partial charge is 0.377 e. The Balaban J connectivity index is 2.53. The molecule has 0 bridgehead atoms. The predicted molar refractivity (Wildman–Crippen MR) is 38.2 cm³/mol. The number of rotatable bonds is 0. The van der Waals surface area contributed by atoms with Gasteiger partial charge < -0.3 is 40.9 Å². The van der Waals surface area contributed by atoms with Gasteiger partial charge in [-0.25, -0.2) is 0 Å². The molecule has 16 heavy (non-hydrogen) atoms. The smallest absolute Gasteiger partial charge is 0.343 e. The highest BCUT2D eigenvalue weighted by molar-refractivity contribution is 5.12. The van der Waals surface area contributed by atoms with Crippen LogP contribution in [0.1, 0.15) is 6.42 Å². The zero-order valence-corrected chi connectivity index (χ0v) is 7.60. The maximum absolute atomic E-state index is 9.65. The lowest BCUT2D eigenvalue weighted by molar-refractivity contribution is -0.508. The lowest BCUT2D eigenvalue weighted by Gasteiger charge is -2.33. The summed E-state index contributed by atoms with van der Waals surface area (Å²) in [5.74, 6) is -14.1. The molecule has 2 unspecified atom stereocenters. The molecule has 0 aromatic carbocycles. The zero-order valence-electron chi connectivity index (χ0n) is 7.60. The van der Waals surface area contributed by atoms with E-state index in [1.54, 1.807) is 0 Å². The summed E-state index contributed by atoms with van der Waals surface area (Å²) in [7, 11) is 0. The summed E-state index contributed by atoms with van der Waals surface area (Å²) in [4.78, 5) is 0. The first-order valence-electron chi connectivity index (χ1n) is 4.06. The Morgan fingerprint density at radius 3 is 1.69 bits per heavy atom. The van der Waals surface area contributed by atoms with Crippen molar-refractivity contribution in [2.24, 2.45) is 0 Å². The minimum atomic E-state index is -3.80. The standard InChI is InChI=1S/C6H10O10/c7-2-1-3(8,9)15-6(2,14)16-5(12,13)4(2,10)11/h7-14H,1H2. The molecule has 10 heteroatoms. The van der Waals surface area contributed by atoms with Crippen LogP contribution in [0.4, 0.5) is 0 Å². The van der Waals surface area contributed by atoms with E-state index in [0.717, 1.165) is 0 Å².